The third kappa shape index (κ3) is 3.05. The number of hydrogen-bond donors (Lipinski definition) is 1. The lowest BCUT2D eigenvalue weighted by Crippen LogP contribution is -2.22. The predicted molar refractivity (Wildman–Crippen MR) is 70.1 cm³/mol. The highest BCUT2D eigenvalue weighted by molar-refractivity contribution is 7.91. The van der Waals surface area contributed by atoms with Crippen molar-refractivity contribution in [1.29, 1.82) is 0 Å². The number of rotatable bonds is 4. The second kappa shape index (κ2) is 5.31. The first-order valence-corrected chi connectivity index (χ1v) is 7.67. The molecule has 0 atom stereocenters. The van der Waals surface area contributed by atoms with Gasteiger partial charge in [-0.25, -0.2) is 18.1 Å². The molecular formula is C10H10ClN3O2S2. The fourth-order valence-electron chi connectivity index (χ4n) is 1.31. The molecule has 8 heteroatoms. The fourth-order valence-corrected chi connectivity index (χ4v) is 3.65. The zero-order chi connectivity index (χ0) is 13.2. The molecule has 0 aromatic carbocycles. The van der Waals surface area contributed by atoms with E-state index in [1.807, 2.05) is 6.92 Å². The molecule has 2 aromatic heterocycles. The van der Waals surface area contributed by atoms with E-state index in [0.717, 1.165) is 22.5 Å². The van der Waals surface area contributed by atoms with Gasteiger partial charge in [0.2, 0.25) is 0 Å². The SMILES string of the molecule is Cc1cnccc1CNS(=O)(=O)c1cnc(Cl)s1. The third-order valence-corrected chi connectivity index (χ3v) is 5.29. The van der Waals surface area contributed by atoms with Gasteiger partial charge < -0.3 is 0 Å². The van der Waals surface area contributed by atoms with Crippen molar-refractivity contribution in [3.05, 3.63) is 40.3 Å². The van der Waals surface area contributed by atoms with Gasteiger partial charge in [0.05, 0.1) is 6.20 Å². The van der Waals surface area contributed by atoms with Crippen molar-refractivity contribution in [2.75, 3.05) is 0 Å². The third-order valence-electron chi connectivity index (χ3n) is 2.31. The number of pyridine rings is 1. The largest absolute Gasteiger partial charge is 0.264 e. The normalized spacial score (nSPS) is 11.7. The highest BCUT2D eigenvalue weighted by atomic mass is 35.5. The molecule has 0 unspecified atom stereocenters. The van der Waals surface area contributed by atoms with Crippen molar-refractivity contribution in [1.82, 2.24) is 14.7 Å². The van der Waals surface area contributed by atoms with E-state index in [-0.39, 0.29) is 15.2 Å². The van der Waals surface area contributed by atoms with Crippen molar-refractivity contribution >= 4 is 33.0 Å². The van der Waals surface area contributed by atoms with Crippen LogP contribution in [0.15, 0.2) is 28.9 Å². The second-order valence-corrected chi connectivity index (χ2v) is 7.17. The molecule has 0 amide bonds. The van der Waals surface area contributed by atoms with Crippen molar-refractivity contribution in [2.24, 2.45) is 0 Å². The maximum atomic E-state index is 11.9. The number of halogens is 1. The molecule has 0 saturated heterocycles. The topological polar surface area (TPSA) is 72.0 Å². The van der Waals surface area contributed by atoms with Gasteiger partial charge in [0.15, 0.2) is 8.68 Å². The average molecular weight is 304 g/mol. The molecule has 0 radical (unpaired) electrons. The second-order valence-electron chi connectivity index (χ2n) is 3.56. The van der Waals surface area contributed by atoms with Crippen LogP contribution in [-0.4, -0.2) is 18.4 Å². The summed E-state index contributed by atoms with van der Waals surface area (Å²) >= 11 is 6.54. The molecular weight excluding hydrogens is 294 g/mol. The summed E-state index contributed by atoms with van der Waals surface area (Å²) in [5.74, 6) is 0. The Morgan fingerprint density at radius 2 is 2.22 bits per heavy atom. The lowest BCUT2D eigenvalue weighted by Gasteiger charge is -2.06. The van der Waals surface area contributed by atoms with E-state index < -0.39 is 10.0 Å². The molecule has 0 spiro atoms. The van der Waals surface area contributed by atoms with Gasteiger partial charge in [-0.3, -0.25) is 4.98 Å². The molecule has 1 N–H and O–H groups in total. The lowest BCUT2D eigenvalue weighted by atomic mass is 10.2. The van der Waals surface area contributed by atoms with Crippen LogP contribution in [0, 0.1) is 6.92 Å². The van der Waals surface area contributed by atoms with Crippen LogP contribution in [0.1, 0.15) is 11.1 Å². The van der Waals surface area contributed by atoms with Crippen LogP contribution in [-0.2, 0) is 16.6 Å². The molecule has 0 aliphatic heterocycles. The van der Waals surface area contributed by atoms with Gasteiger partial charge in [0, 0.05) is 18.9 Å². The van der Waals surface area contributed by atoms with Gasteiger partial charge in [-0.05, 0) is 24.1 Å². The summed E-state index contributed by atoms with van der Waals surface area (Å²) in [6.07, 6.45) is 4.56. The molecule has 2 rings (SSSR count). The maximum absolute atomic E-state index is 11.9. The standard InChI is InChI=1S/C10H10ClN3O2S2/c1-7-4-12-3-2-8(7)5-14-18(15,16)9-6-13-10(11)17-9/h2-4,6,14H,5H2,1H3. The average Bonchev–Trinajstić information content (AvgIpc) is 2.76. The zero-order valence-corrected chi connectivity index (χ0v) is 11.8. The van der Waals surface area contributed by atoms with Crippen LogP contribution in [0.25, 0.3) is 0 Å². The number of hydrogen-bond acceptors (Lipinski definition) is 5. The number of sulfonamides is 1. The minimum absolute atomic E-state index is 0.110. The minimum atomic E-state index is -3.55. The van der Waals surface area contributed by atoms with Gasteiger partial charge in [-0.2, -0.15) is 0 Å². The molecule has 96 valence electrons. The van der Waals surface area contributed by atoms with E-state index in [1.54, 1.807) is 18.5 Å². The van der Waals surface area contributed by atoms with E-state index in [0.29, 0.717) is 0 Å². The monoisotopic (exact) mass is 303 g/mol. The Morgan fingerprint density at radius 3 is 2.83 bits per heavy atom. The number of aryl methyl sites for hydroxylation is 1. The fraction of sp³-hybridized carbons (Fsp3) is 0.200. The molecule has 0 bridgehead atoms. The quantitative estimate of drug-likeness (QED) is 0.937. The Balaban J connectivity index is 2.13. The van der Waals surface area contributed by atoms with E-state index in [1.165, 1.54) is 6.20 Å². The van der Waals surface area contributed by atoms with Crippen LogP contribution in [0.2, 0.25) is 4.47 Å². The van der Waals surface area contributed by atoms with Crippen molar-refractivity contribution in [3.63, 3.8) is 0 Å². The first-order chi connectivity index (χ1) is 8.49. The summed E-state index contributed by atoms with van der Waals surface area (Å²) in [6.45, 7) is 2.09. The Morgan fingerprint density at radius 1 is 1.44 bits per heavy atom. The minimum Gasteiger partial charge on any atom is -0.264 e. The van der Waals surface area contributed by atoms with E-state index in [2.05, 4.69) is 14.7 Å². The summed E-state index contributed by atoms with van der Waals surface area (Å²) in [5, 5.41) is 0. The number of thiazole rings is 1. The molecule has 18 heavy (non-hydrogen) atoms. The molecule has 2 heterocycles. The van der Waals surface area contributed by atoms with Crippen molar-refractivity contribution in [3.8, 4) is 0 Å². The first kappa shape index (κ1) is 13.4. The summed E-state index contributed by atoms with van der Waals surface area (Å²) in [6, 6.07) is 1.78. The summed E-state index contributed by atoms with van der Waals surface area (Å²) in [4.78, 5) is 7.66. The molecule has 5 nitrogen and oxygen atoms in total. The molecule has 0 aliphatic rings. The summed E-state index contributed by atoms with van der Waals surface area (Å²) in [5.41, 5.74) is 1.81. The zero-order valence-electron chi connectivity index (χ0n) is 9.42. The molecule has 0 saturated carbocycles. The summed E-state index contributed by atoms with van der Waals surface area (Å²) < 4.78 is 26.6. The van der Waals surface area contributed by atoms with E-state index in [4.69, 9.17) is 11.6 Å². The lowest BCUT2D eigenvalue weighted by molar-refractivity contribution is 0.583. The smallest absolute Gasteiger partial charge is 0.252 e. The van der Waals surface area contributed by atoms with Crippen molar-refractivity contribution in [2.45, 2.75) is 17.7 Å². The molecule has 0 fully saturated rings. The Bertz CT molecular complexity index is 655. The van der Waals surface area contributed by atoms with Gasteiger partial charge in [0.1, 0.15) is 0 Å². The van der Waals surface area contributed by atoms with Crippen LogP contribution >= 0.6 is 22.9 Å². The number of nitrogens with zero attached hydrogens (tertiary/aromatic N) is 2. The molecule has 2 aromatic rings. The predicted octanol–water partition coefficient (Wildman–Crippen LogP) is 1.98. The summed E-state index contributed by atoms with van der Waals surface area (Å²) in [7, 11) is -3.55. The van der Waals surface area contributed by atoms with E-state index >= 15 is 0 Å². The Labute approximate surface area is 114 Å². The maximum Gasteiger partial charge on any atom is 0.252 e. The Kier molecular flexibility index (Phi) is 3.96. The van der Waals surface area contributed by atoms with Crippen LogP contribution in [0.5, 0.6) is 0 Å². The number of nitrogens with one attached hydrogen (secondary N) is 1. The van der Waals surface area contributed by atoms with Crippen LogP contribution in [0.3, 0.4) is 0 Å². The van der Waals surface area contributed by atoms with Gasteiger partial charge in [-0.1, -0.05) is 22.9 Å². The van der Waals surface area contributed by atoms with E-state index in [9.17, 15) is 8.42 Å². The molecule has 0 aliphatic carbocycles. The van der Waals surface area contributed by atoms with Gasteiger partial charge in [0.25, 0.3) is 10.0 Å². The van der Waals surface area contributed by atoms with Gasteiger partial charge in [-0.15, -0.1) is 0 Å². The van der Waals surface area contributed by atoms with Crippen LogP contribution in [0.4, 0.5) is 0 Å². The number of aromatic nitrogens is 2. The van der Waals surface area contributed by atoms with Crippen molar-refractivity contribution < 1.29 is 8.42 Å². The first-order valence-electron chi connectivity index (χ1n) is 4.99. The van der Waals surface area contributed by atoms with Gasteiger partial charge >= 0.3 is 0 Å². The Hall–Kier alpha value is -1.02. The van der Waals surface area contributed by atoms with Crippen LogP contribution < -0.4 is 4.72 Å². The highest BCUT2D eigenvalue weighted by Gasteiger charge is 2.17. The highest BCUT2D eigenvalue weighted by Crippen LogP contribution is 2.22.